The number of carbonyl (C=O) groups is 1. The highest BCUT2D eigenvalue weighted by Gasteiger charge is 2.31. The highest BCUT2D eigenvalue weighted by atomic mass is 16.5. The molecule has 1 unspecified atom stereocenters. The van der Waals surface area contributed by atoms with E-state index in [1.165, 1.54) is 0 Å². The zero-order valence-electron chi connectivity index (χ0n) is 16.7. The lowest BCUT2D eigenvalue weighted by molar-refractivity contribution is -0.132. The van der Waals surface area contributed by atoms with E-state index in [-0.39, 0.29) is 11.8 Å². The van der Waals surface area contributed by atoms with E-state index in [9.17, 15) is 4.79 Å². The maximum atomic E-state index is 12.5. The Labute approximate surface area is 170 Å². The Balaban J connectivity index is 1.19. The summed E-state index contributed by atoms with van der Waals surface area (Å²) in [5.41, 5.74) is 1.15. The van der Waals surface area contributed by atoms with Crippen LogP contribution in [0.5, 0.6) is 0 Å². The largest absolute Gasteiger partial charge is 0.379 e. The van der Waals surface area contributed by atoms with Crippen LogP contribution in [0.25, 0.3) is 0 Å². The molecule has 2 fully saturated rings. The summed E-state index contributed by atoms with van der Waals surface area (Å²) >= 11 is 0. The summed E-state index contributed by atoms with van der Waals surface area (Å²) in [6, 6.07) is 10.1. The molecule has 0 N–H and O–H groups in total. The van der Waals surface area contributed by atoms with Crippen molar-refractivity contribution in [1.29, 1.82) is 0 Å². The normalized spacial score (nSPS) is 20.3. The van der Waals surface area contributed by atoms with Gasteiger partial charge in [-0.05, 0) is 12.0 Å². The number of hydrogen-bond donors (Lipinski definition) is 0. The third-order valence-corrected chi connectivity index (χ3v) is 5.42. The number of aromatic nitrogens is 2. The molecule has 0 spiro atoms. The molecule has 8 nitrogen and oxygen atoms in total. The fraction of sp³-hybridized carbons (Fsp3) is 0.571. The van der Waals surface area contributed by atoms with Crippen molar-refractivity contribution in [3.8, 4) is 0 Å². The van der Waals surface area contributed by atoms with Gasteiger partial charge in [-0.1, -0.05) is 35.5 Å². The van der Waals surface area contributed by atoms with E-state index in [2.05, 4.69) is 15.0 Å². The van der Waals surface area contributed by atoms with Crippen LogP contribution in [0.3, 0.4) is 0 Å². The summed E-state index contributed by atoms with van der Waals surface area (Å²) in [6.45, 7) is 6.03. The van der Waals surface area contributed by atoms with Gasteiger partial charge in [0.2, 0.25) is 11.8 Å². The van der Waals surface area contributed by atoms with Crippen LogP contribution in [0.4, 0.5) is 0 Å². The summed E-state index contributed by atoms with van der Waals surface area (Å²) < 4.78 is 16.5. The molecule has 2 aliphatic rings. The molecule has 2 saturated heterocycles. The number of amides is 1. The quantitative estimate of drug-likeness (QED) is 0.621. The molecule has 3 heterocycles. The zero-order valence-corrected chi connectivity index (χ0v) is 16.7. The van der Waals surface area contributed by atoms with E-state index in [0.717, 1.165) is 31.6 Å². The smallest absolute Gasteiger partial charge is 0.236 e. The lowest BCUT2D eigenvalue weighted by Crippen LogP contribution is -2.44. The molecule has 156 valence electrons. The van der Waals surface area contributed by atoms with E-state index in [1.807, 2.05) is 35.2 Å². The molecule has 4 rings (SSSR count). The second-order valence-electron chi connectivity index (χ2n) is 7.55. The minimum Gasteiger partial charge on any atom is -0.379 e. The maximum Gasteiger partial charge on any atom is 0.236 e. The molecular formula is C21H28N4O4. The van der Waals surface area contributed by atoms with E-state index in [4.69, 9.17) is 14.0 Å². The lowest BCUT2D eigenvalue weighted by atomic mass is 10.1. The molecule has 1 aromatic carbocycles. The van der Waals surface area contributed by atoms with Crippen molar-refractivity contribution in [2.45, 2.75) is 25.4 Å². The van der Waals surface area contributed by atoms with Crippen LogP contribution < -0.4 is 0 Å². The molecule has 8 heteroatoms. The van der Waals surface area contributed by atoms with Crippen LogP contribution in [0.15, 0.2) is 34.9 Å². The summed E-state index contributed by atoms with van der Waals surface area (Å²) in [7, 11) is 0. The first-order chi connectivity index (χ1) is 14.3. The van der Waals surface area contributed by atoms with Crippen LogP contribution in [-0.2, 0) is 27.3 Å². The topological polar surface area (TPSA) is 80.9 Å². The average Bonchev–Trinajstić information content (AvgIpc) is 3.42. The van der Waals surface area contributed by atoms with Gasteiger partial charge in [-0.15, -0.1) is 0 Å². The summed E-state index contributed by atoms with van der Waals surface area (Å²) in [4.78, 5) is 21.1. The van der Waals surface area contributed by atoms with Crippen molar-refractivity contribution in [3.05, 3.63) is 47.6 Å². The van der Waals surface area contributed by atoms with Crippen molar-refractivity contribution in [3.63, 3.8) is 0 Å². The van der Waals surface area contributed by atoms with Gasteiger partial charge in [0.25, 0.3) is 0 Å². The Morgan fingerprint density at radius 2 is 2.00 bits per heavy atom. The van der Waals surface area contributed by atoms with Gasteiger partial charge >= 0.3 is 0 Å². The highest BCUT2D eigenvalue weighted by Crippen LogP contribution is 2.26. The minimum absolute atomic E-state index is 0.120. The molecule has 29 heavy (non-hydrogen) atoms. The van der Waals surface area contributed by atoms with Crippen molar-refractivity contribution >= 4 is 5.91 Å². The SMILES string of the molecule is O=C(CN1CCOCC1)N1CCC(c2nc(CCOCc3ccccc3)no2)C1. The van der Waals surface area contributed by atoms with Gasteiger partial charge in [-0.3, -0.25) is 9.69 Å². The first-order valence-electron chi connectivity index (χ1n) is 10.3. The van der Waals surface area contributed by atoms with Crippen molar-refractivity contribution in [2.24, 2.45) is 0 Å². The molecule has 0 bridgehead atoms. The first-order valence-corrected chi connectivity index (χ1v) is 10.3. The summed E-state index contributed by atoms with van der Waals surface area (Å²) in [6.07, 6.45) is 1.48. The van der Waals surface area contributed by atoms with Gasteiger partial charge in [0.05, 0.1) is 38.9 Å². The Morgan fingerprint density at radius 3 is 2.83 bits per heavy atom. The first kappa shape index (κ1) is 20.0. The fourth-order valence-electron chi connectivity index (χ4n) is 3.70. The molecular weight excluding hydrogens is 372 g/mol. The van der Waals surface area contributed by atoms with E-state index in [0.29, 0.717) is 57.7 Å². The number of likely N-dealkylation sites (tertiary alicyclic amines) is 1. The summed E-state index contributed by atoms with van der Waals surface area (Å²) in [5, 5.41) is 4.08. The van der Waals surface area contributed by atoms with E-state index in [1.54, 1.807) is 0 Å². The molecule has 0 aliphatic carbocycles. The van der Waals surface area contributed by atoms with Crippen molar-refractivity contribution < 1.29 is 18.8 Å². The van der Waals surface area contributed by atoms with Gasteiger partial charge in [-0.2, -0.15) is 4.98 Å². The second kappa shape index (κ2) is 9.96. The fourth-order valence-corrected chi connectivity index (χ4v) is 3.70. The Morgan fingerprint density at radius 1 is 1.17 bits per heavy atom. The molecule has 2 aliphatic heterocycles. The number of carbonyl (C=O) groups excluding carboxylic acids is 1. The molecule has 0 saturated carbocycles. The maximum absolute atomic E-state index is 12.5. The third-order valence-electron chi connectivity index (χ3n) is 5.42. The zero-order chi connectivity index (χ0) is 19.9. The molecule has 1 aromatic heterocycles. The Kier molecular flexibility index (Phi) is 6.87. The number of benzene rings is 1. The van der Waals surface area contributed by atoms with Gasteiger partial charge < -0.3 is 18.9 Å². The summed E-state index contributed by atoms with van der Waals surface area (Å²) in [5.74, 6) is 1.58. The van der Waals surface area contributed by atoms with E-state index < -0.39 is 0 Å². The second-order valence-corrected chi connectivity index (χ2v) is 7.55. The van der Waals surface area contributed by atoms with Gasteiger partial charge in [0.1, 0.15) is 0 Å². The number of ether oxygens (including phenoxy) is 2. The predicted molar refractivity (Wildman–Crippen MR) is 105 cm³/mol. The minimum atomic E-state index is 0.120. The van der Waals surface area contributed by atoms with Crippen LogP contribution in [0.1, 0.15) is 29.6 Å². The average molecular weight is 400 g/mol. The van der Waals surface area contributed by atoms with Crippen LogP contribution in [0, 0.1) is 0 Å². The van der Waals surface area contributed by atoms with E-state index >= 15 is 0 Å². The predicted octanol–water partition coefficient (Wildman–Crippen LogP) is 1.48. The number of hydrogen-bond acceptors (Lipinski definition) is 7. The van der Waals surface area contributed by atoms with Crippen LogP contribution in [0.2, 0.25) is 0 Å². The molecule has 1 amide bonds. The van der Waals surface area contributed by atoms with Crippen LogP contribution in [-0.4, -0.2) is 78.4 Å². The molecule has 0 radical (unpaired) electrons. The standard InChI is InChI=1S/C21H28N4O4/c26-20(15-24-9-12-27-13-10-24)25-8-6-18(14-25)21-22-19(23-29-21)7-11-28-16-17-4-2-1-3-5-17/h1-5,18H,6-16H2. The molecule has 2 aromatic rings. The van der Waals surface area contributed by atoms with Gasteiger partial charge in [0, 0.05) is 32.6 Å². The number of morpholine rings is 1. The third kappa shape index (κ3) is 5.62. The Hall–Kier alpha value is -2.29. The highest BCUT2D eigenvalue weighted by molar-refractivity contribution is 5.78. The number of rotatable bonds is 8. The molecule has 1 atom stereocenters. The van der Waals surface area contributed by atoms with Crippen molar-refractivity contribution in [2.75, 3.05) is 52.5 Å². The monoisotopic (exact) mass is 400 g/mol. The van der Waals surface area contributed by atoms with Gasteiger partial charge in [0.15, 0.2) is 5.82 Å². The Bertz CT molecular complexity index is 776. The number of nitrogens with zero attached hydrogens (tertiary/aromatic N) is 4. The lowest BCUT2D eigenvalue weighted by Gasteiger charge is -2.27. The van der Waals surface area contributed by atoms with Crippen LogP contribution >= 0.6 is 0 Å². The van der Waals surface area contributed by atoms with Crippen molar-refractivity contribution in [1.82, 2.24) is 19.9 Å². The van der Waals surface area contributed by atoms with Gasteiger partial charge in [-0.25, -0.2) is 0 Å².